The molecule has 1 heterocycles. The zero-order valence-electron chi connectivity index (χ0n) is 9.46. The van der Waals surface area contributed by atoms with Crippen LogP contribution in [0.25, 0.3) is 0 Å². The van der Waals surface area contributed by atoms with Gasteiger partial charge in [-0.1, -0.05) is 6.07 Å². The minimum absolute atomic E-state index is 0.243. The molecule has 3 nitrogen and oxygen atoms in total. The third kappa shape index (κ3) is 3.01. The van der Waals surface area contributed by atoms with E-state index in [1.807, 2.05) is 0 Å². The second-order valence-electron chi connectivity index (χ2n) is 4.08. The van der Waals surface area contributed by atoms with Gasteiger partial charge in [-0.3, -0.25) is 0 Å². The van der Waals surface area contributed by atoms with Gasteiger partial charge in [-0.25, -0.2) is 0 Å². The molecule has 1 N–H and O–H groups in total. The summed E-state index contributed by atoms with van der Waals surface area (Å²) in [4.78, 5) is 10.9. The molecule has 0 aliphatic carbocycles. The quantitative estimate of drug-likeness (QED) is 0.828. The molecule has 1 atom stereocenters. The summed E-state index contributed by atoms with van der Waals surface area (Å²) in [6.07, 6.45) is -2.54. The highest BCUT2D eigenvalue weighted by atomic mass is 19.4. The van der Waals surface area contributed by atoms with Gasteiger partial charge in [0.05, 0.1) is 6.04 Å². The van der Waals surface area contributed by atoms with Crippen molar-refractivity contribution < 1.29 is 22.7 Å². The normalized spacial score (nSPS) is 19.8. The van der Waals surface area contributed by atoms with Gasteiger partial charge in [0.1, 0.15) is 12.0 Å². The molecular formula is C12H12F3NO2. The van der Waals surface area contributed by atoms with Crippen molar-refractivity contribution in [3.8, 4) is 5.75 Å². The summed E-state index contributed by atoms with van der Waals surface area (Å²) >= 11 is 0. The van der Waals surface area contributed by atoms with E-state index >= 15 is 0 Å². The number of aldehydes is 1. The fraction of sp³-hybridized carbons (Fsp3) is 0.417. The number of aryl methyl sites for hydroxylation is 1. The maximum atomic E-state index is 12.1. The van der Waals surface area contributed by atoms with Crippen LogP contribution in [-0.2, 0) is 11.2 Å². The van der Waals surface area contributed by atoms with Crippen molar-refractivity contribution >= 4 is 6.29 Å². The summed E-state index contributed by atoms with van der Waals surface area (Å²) < 4.78 is 40.2. The molecule has 1 aliphatic rings. The van der Waals surface area contributed by atoms with E-state index in [4.69, 9.17) is 0 Å². The Labute approximate surface area is 102 Å². The van der Waals surface area contributed by atoms with Gasteiger partial charge in [0.15, 0.2) is 0 Å². The number of nitrogens with one attached hydrogen (secondary N) is 1. The monoisotopic (exact) mass is 259 g/mol. The number of hydrogen-bond acceptors (Lipinski definition) is 3. The molecule has 0 saturated heterocycles. The predicted molar refractivity (Wildman–Crippen MR) is 58.3 cm³/mol. The second-order valence-corrected chi connectivity index (χ2v) is 4.08. The van der Waals surface area contributed by atoms with E-state index in [1.54, 1.807) is 0 Å². The molecule has 0 fully saturated rings. The lowest BCUT2D eigenvalue weighted by atomic mass is 9.99. The third-order valence-corrected chi connectivity index (χ3v) is 2.81. The van der Waals surface area contributed by atoms with Gasteiger partial charge in [-0.15, -0.1) is 13.2 Å². The first kappa shape index (κ1) is 12.9. The molecule has 1 unspecified atom stereocenters. The Balaban J connectivity index is 2.30. The number of benzene rings is 1. The summed E-state index contributed by atoms with van der Waals surface area (Å²) in [5.41, 5.74) is 1.44. The smallest absolute Gasteiger partial charge is 0.406 e. The van der Waals surface area contributed by atoms with E-state index in [1.165, 1.54) is 18.2 Å². The van der Waals surface area contributed by atoms with Gasteiger partial charge in [-0.05, 0) is 42.6 Å². The van der Waals surface area contributed by atoms with E-state index < -0.39 is 12.4 Å². The van der Waals surface area contributed by atoms with Crippen molar-refractivity contribution in [2.24, 2.45) is 0 Å². The van der Waals surface area contributed by atoms with Crippen molar-refractivity contribution in [3.05, 3.63) is 29.3 Å². The van der Waals surface area contributed by atoms with Crippen LogP contribution in [0.3, 0.4) is 0 Å². The maximum absolute atomic E-state index is 12.1. The standard InChI is InChI=1S/C12H12F3NO2/c13-12(14,15)18-9-3-4-10-8(6-9)2-1-5-16-11(10)7-17/h3-4,6-7,11,16H,1-2,5H2. The average Bonchev–Trinajstić information content (AvgIpc) is 2.48. The van der Waals surface area contributed by atoms with Gasteiger partial charge in [0.25, 0.3) is 0 Å². The van der Waals surface area contributed by atoms with Crippen LogP contribution in [0.4, 0.5) is 13.2 Å². The van der Waals surface area contributed by atoms with Crippen LogP contribution in [-0.4, -0.2) is 19.2 Å². The molecule has 0 aromatic heterocycles. The number of hydrogen-bond donors (Lipinski definition) is 1. The molecule has 18 heavy (non-hydrogen) atoms. The SMILES string of the molecule is O=CC1NCCCc2cc(OC(F)(F)F)ccc21. The zero-order valence-corrected chi connectivity index (χ0v) is 9.46. The minimum atomic E-state index is -4.69. The zero-order chi connectivity index (χ0) is 13.2. The van der Waals surface area contributed by atoms with Crippen LogP contribution in [0, 0.1) is 0 Å². The minimum Gasteiger partial charge on any atom is -0.406 e. The van der Waals surface area contributed by atoms with Crippen LogP contribution < -0.4 is 10.1 Å². The van der Waals surface area contributed by atoms with Gasteiger partial charge >= 0.3 is 6.36 Å². The van der Waals surface area contributed by atoms with Gasteiger partial charge in [0.2, 0.25) is 0 Å². The van der Waals surface area contributed by atoms with Crippen molar-refractivity contribution in [2.75, 3.05) is 6.54 Å². The molecular weight excluding hydrogens is 247 g/mol. The van der Waals surface area contributed by atoms with Crippen LogP contribution in [0.5, 0.6) is 5.75 Å². The fourth-order valence-corrected chi connectivity index (χ4v) is 2.07. The number of halogens is 3. The first-order valence-electron chi connectivity index (χ1n) is 5.57. The highest BCUT2D eigenvalue weighted by Crippen LogP contribution is 2.29. The number of rotatable bonds is 2. The van der Waals surface area contributed by atoms with E-state index in [2.05, 4.69) is 10.1 Å². The van der Waals surface area contributed by atoms with Crippen molar-refractivity contribution in [1.29, 1.82) is 0 Å². The molecule has 1 aromatic carbocycles. The van der Waals surface area contributed by atoms with E-state index in [0.717, 1.165) is 23.8 Å². The summed E-state index contributed by atoms with van der Waals surface area (Å²) in [5, 5.41) is 3.02. The Morgan fingerprint density at radius 3 is 2.83 bits per heavy atom. The molecule has 1 aromatic rings. The number of alkyl halides is 3. The van der Waals surface area contributed by atoms with Crippen molar-refractivity contribution in [1.82, 2.24) is 5.32 Å². The van der Waals surface area contributed by atoms with Crippen LogP contribution in [0.2, 0.25) is 0 Å². The molecule has 6 heteroatoms. The summed E-state index contributed by atoms with van der Waals surface area (Å²) in [5.74, 6) is -0.243. The lowest BCUT2D eigenvalue weighted by Gasteiger charge is -2.14. The first-order valence-corrected chi connectivity index (χ1v) is 5.57. The van der Waals surface area contributed by atoms with Gasteiger partial charge in [-0.2, -0.15) is 0 Å². The third-order valence-electron chi connectivity index (χ3n) is 2.81. The van der Waals surface area contributed by atoms with E-state index in [0.29, 0.717) is 13.0 Å². The Kier molecular flexibility index (Phi) is 3.56. The predicted octanol–water partition coefficient (Wildman–Crippen LogP) is 2.36. The molecule has 98 valence electrons. The number of carbonyl (C=O) groups is 1. The summed E-state index contributed by atoms with van der Waals surface area (Å²) in [6, 6.07) is 3.64. The van der Waals surface area contributed by atoms with Crippen molar-refractivity contribution in [3.63, 3.8) is 0 Å². The average molecular weight is 259 g/mol. The summed E-state index contributed by atoms with van der Waals surface area (Å²) in [6.45, 7) is 0.660. The van der Waals surface area contributed by atoms with E-state index in [-0.39, 0.29) is 5.75 Å². The highest BCUT2D eigenvalue weighted by molar-refractivity contribution is 5.63. The molecule has 2 rings (SSSR count). The Bertz CT molecular complexity index is 445. The van der Waals surface area contributed by atoms with Gasteiger partial charge < -0.3 is 14.8 Å². The second kappa shape index (κ2) is 4.97. The fourth-order valence-electron chi connectivity index (χ4n) is 2.07. The maximum Gasteiger partial charge on any atom is 0.573 e. The van der Waals surface area contributed by atoms with Crippen molar-refractivity contribution in [2.45, 2.75) is 25.2 Å². The number of carbonyl (C=O) groups excluding carboxylic acids is 1. The molecule has 0 bridgehead atoms. The largest absolute Gasteiger partial charge is 0.573 e. The van der Waals surface area contributed by atoms with Crippen LogP contribution in [0.15, 0.2) is 18.2 Å². The summed E-state index contributed by atoms with van der Waals surface area (Å²) in [7, 11) is 0. The van der Waals surface area contributed by atoms with Crippen LogP contribution in [0.1, 0.15) is 23.6 Å². The lowest BCUT2D eigenvalue weighted by Crippen LogP contribution is -2.22. The van der Waals surface area contributed by atoms with Gasteiger partial charge in [0, 0.05) is 0 Å². The Morgan fingerprint density at radius 1 is 1.39 bits per heavy atom. The van der Waals surface area contributed by atoms with Crippen LogP contribution >= 0.6 is 0 Å². The molecule has 0 spiro atoms. The molecule has 0 radical (unpaired) electrons. The number of fused-ring (bicyclic) bond motifs is 1. The lowest BCUT2D eigenvalue weighted by molar-refractivity contribution is -0.274. The molecule has 1 aliphatic heterocycles. The highest BCUT2D eigenvalue weighted by Gasteiger charge is 2.31. The topological polar surface area (TPSA) is 38.3 Å². The Morgan fingerprint density at radius 2 is 2.17 bits per heavy atom. The Hall–Kier alpha value is -1.56. The first-order chi connectivity index (χ1) is 8.49. The molecule has 0 saturated carbocycles. The van der Waals surface area contributed by atoms with E-state index in [9.17, 15) is 18.0 Å². The molecule has 0 amide bonds. The number of ether oxygens (including phenoxy) is 1.